The SMILES string of the molecule is C=C1C(=O)N(CCCN)c2cc3c(cc2/C1=N/NC)CCCC3.C=CC.S. The first-order valence-electron chi connectivity index (χ1n) is 9.27. The lowest BCUT2D eigenvalue weighted by atomic mass is 9.85. The highest BCUT2D eigenvalue weighted by molar-refractivity contribution is 7.59. The minimum atomic E-state index is -0.0734. The van der Waals surface area contributed by atoms with Gasteiger partial charge in [0.05, 0.1) is 11.3 Å². The quantitative estimate of drug-likeness (QED) is 0.473. The van der Waals surface area contributed by atoms with E-state index < -0.39 is 0 Å². The van der Waals surface area contributed by atoms with Crippen LogP contribution in [0.4, 0.5) is 5.69 Å². The van der Waals surface area contributed by atoms with Gasteiger partial charge < -0.3 is 16.1 Å². The van der Waals surface area contributed by atoms with Crippen molar-refractivity contribution in [1.82, 2.24) is 5.43 Å². The van der Waals surface area contributed by atoms with Gasteiger partial charge in [-0.15, -0.1) is 6.58 Å². The maximum Gasteiger partial charge on any atom is 0.259 e. The molecule has 1 amide bonds. The van der Waals surface area contributed by atoms with E-state index in [-0.39, 0.29) is 19.4 Å². The van der Waals surface area contributed by atoms with E-state index in [1.165, 1.54) is 24.0 Å². The van der Waals surface area contributed by atoms with Gasteiger partial charge in [0.15, 0.2) is 0 Å². The molecule has 0 unspecified atom stereocenters. The zero-order valence-corrected chi connectivity index (χ0v) is 17.5. The number of hydrogen-bond donors (Lipinski definition) is 2. The molecule has 2 aliphatic rings. The lowest BCUT2D eigenvalue weighted by molar-refractivity contribution is -0.114. The van der Waals surface area contributed by atoms with Gasteiger partial charge >= 0.3 is 0 Å². The highest BCUT2D eigenvalue weighted by Crippen LogP contribution is 2.35. The van der Waals surface area contributed by atoms with Gasteiger partial charge in [0.25, 0.3) is 5.91 Å². The van der Waals surface area contributed by atoms with E-state index in [9.17, 15) is 4.79 Å². The zero-order chi connectivity index (χ0) is 19.1. The van der Waals surface area contributed by atoms with Crippen LogP contribution >= 0.6 is 13.5 Å². The van der Waals surface area contributed by atoms with Gasteiger partial charge in [0.1, 0.15) is 5.71 Å². The van der Waals surface area contributed by atoms with Gasteiger partial charge in [-0.3, -0.25) is 4.79 Å². The molecular weight excluding hydrogens is 356 g/mol. The van der Waals surface area contributed by atoms with Crippen molar-refractivity contribution in [3.05, 3.63) is 53.6 Å². The van der Waals surface area contributed by atoms with Gasteiger partial charge in [0, 0.05) is 19.2 Å². The summed E-state index contributed by atoms with van der Waals surface area (Å²) >= 11 is 0. The van der Waals surface area contributed by atoms with Crippen LogP contribution in [-0.2, 0) is 17.6 Å². The Morgan fingerprint density at radius 1 is 1.30 bits per heavy atom. The first-order valence-corrected chi connectivity index (χ1v) is 9.27. The number of hydrazone groups is 1. The highest BCUT2D eigenvalue weighted by atomic mass is 32.1. The van der Waals surface area contributed by atoms with Crippen molar-refractivity contribution in [3.8, 4) is 0 Å². The third kappa shape index (κ3) is 5.02. The number of fused-ring (bicyclic) bond motifs is 2. The first kappa shape index (κ1) is 23.0. The largest absolute Gasteiger partial charge is 0.330 e. The summed E-state index contributed by atoms with van der Waals surface area (Å²) in [5.41, 5.74) is 14.2. The molecule has 0 fully saturated rings. The smallest absolute Gasteiger partial charge is 0.259 e. The number of allylic oxidation sites excluding steroid dienone is 1. The van der Waals surface area contributed by atoms with Gasteiger partial charge in [0.2, 0.25) is 0 Å². The molecule has 0 aromatic heterocycles. The number of nitrogens with zero attached hydrogens (tertiary/aromatic N) is 2. The summed E-state index contributed by atoms with van der Waals surface area (Å²) in [6.07, 6.45) is 7.14. The topological polar surface area (TPSA) is 70.7 Å². The Morgan fingerprint density at radius 3 is 2.44 bits per heavy atom. The van der Waals surface area contributed by atoms with Crippen LogP contribution in [0, 0.1) is 0 Å². The lowest BCUT2D eigenvalue weighted by Gasteiger charge is -2.33. The molecule has 1 aliphatic heterocycles. The van der Waals surface area contributed by atoms with Crippen molar-refractivity contribution in [3.63, 3.8) is 0 Å². The Bertz CT molecular complexity index is 727. The van der Waals surface area contributed by atoms with E-state index in [0.717, 1.165) is 30.5 Å². The average Bonchev–Trinajstić information content (AvgIpc) is 2.65. The van der Waals surface area contributed by atoms with Crippen LogP contribution in [0.15, 0.2) is 42.0 Å². The Balaban J connectivity index is 0.000000855. The Labute approximate surface area is 169 Å². The van der Waals surface area contributed by atoms with Gasteiger partial charge in [-0.2, -0.15) is 18.6 Å². The second-order valence-corrected chi connectivity index (χ2v) is 6.52. The summed E-state index contributed by atoms with van der Waals surface area (Å²) in [6, 6.07) is 4.38. The van der Waals surface area contributed by atoms with E-state index >= 15 is 0 Å². The van der Waals surface area contributed by atoms with Crippen LogP contribution in [0.5, 0.6) is 0 Å². The maximum atomic E-state index is 12.7. The maximum absolute atomic E-state index is 12.7. The van der Waals surface area contributed by atoms with Gasteiger partial charge in [-0.1, -0.05) is 12.7 Å². The molecule has 1 aromatic carbocycles. The zero-order valence-electron chi connectivity index (χ0n) is 16.5. The monoisotopic (exact) mass is 388 g/mol. The highest BCUT2D eigenvalue weighted by Gasteiger charge is 2.33. The Hall–Kier alpha value is -2.05. The van der Waals surface area contributed by atoms with Crippen molar-refractivity contribution in [1.29, 1.82) is 0 Å². The van der Waals surface area contributed by atoms with E-state index in [1.807, 2.05) is 11.8 Å². The number of anilines is 1. The molecule has 0 saturated carbocycles. The van der Waals surface area contributed by atoms with Crippen LogP contribution in [0.25, 0.3) is 0 Å². The van der Waals surface area contributed by atoms with Crippen molar-refractivity contribution in [2.75, 3.05) is 25.0 Å². The number of nitrogens with two attached hydrogens (primary N) is 1. The molecule has 148 valence electrons. The standard InChI is InChI=1S/C18H24N4O.C3H6.H2S/c1-12-17(21-20-2)15-10-13-6-3-4-7-14(13)11-16(15)22(18(12)23)9-5-8-19;1-3-2;/h10-11,20H,1,3-9,19H2,2H3;3H,1H2,2H3;1H2/b21-17+;;. The number of aryl methyl sites for hydroxylation is 2. The summed E-state index contributed by atoms with van der Waals surface area (Å²) in [6.45, 7) is 10.4. The number of carbonyl (C=O) groups excluding carboxylic acids is 1. The first-order chi connectivity index (χ1) is 12.6. The molecular formula is C21H32N4OS. The van der Waals surface area contributed by atoms with Crippen LogP contribution in [0.3, 0.4) is 0 Å². The third-order valence-corrected chi connectivity index (χ3v) is 4.60. The van der Waals surface area contributed by atoms with Gasteiger partial charge in [-0.05, 0) is 68.8 Å². The van der Waals surface area contributed by atoms with E-state index in [0.29, 0.717) is 24.4 Å². The lowest BCUT2D eigenvalue weighted by Crippen LogP contribution is -2.41. The summed E-state index contributed by atoms with van der Waals surface area (Å²) in [4.78, 5) is 14.5. The van der Waals surface area contributed by atoms with Crippen molar-refractivity contribution in [2.24, 2.45) is 10.8 Å². The molecule has 0 radical (unpaired) electrons. The Kier molecular flexibility index (Phi) is 9.32. The predicted octanol–water partition coefficient (Wildman–Crippen LogP) is 3.05. The van der Waals surface area contributed by atoms with E-state index in [2.05, 4.69) is 35.8 Å². The number of hydrogen-bond acceptors (Lipinski definition) is 4. The van der Waals surface area contributed by atoms with Crippen LogP contribution in [0.1, 0.15) is 42.9 Å². The number of carbonyl (C=O) groups is 1. The normalized spacial score (nSPS) is 16.6. The summed E-state index contributed by atoms with van der Waals surface area (Å²) < 4.78 is 0. The molecule has 27 heavy (non-hydrogen) atoms. The molecule has 0 bridgehead atoms. The fraction of sp³-hybridized carbons (Fsp3) is 0.429. The molecule has 0 saturated heterocycles. The molecule has 3 N–H and O–H groups in total. The second-order valence-electron chi connectivity index (χ2n) is 6.52. The van der Waals surface area contributed by atoms with E-state index in [1.54, 1.807) is 13.1 Å². The molecule has 1 heterocycles. The van der Waals surface area contributed by atoms with Crippen molar-refractivity contribution < 1.29 is 4.79 Å². The number of benzene rings is 1. The van der Waals surface area contributed by atoms with Crippen LogP contribution in [-0.4, -0.2) is 31.8 Å². The van der Waals surface area contributed by atoms with Crippen LogP contribution < -0.4 is 16.1 Å². The minimum absolute atomic E-state index is 0. The fourth-order valence-corrected chi connectivity index (χ4v) is 3.43. The number of rotatable bonds is 4. The van der Waals surface area contributed by atoms with E-state index in [4.69, 9.17) is 5.73 Å². The fourth-order valence-electron chi connectivity index (χ4n) is 3.43. The molecule has 0 spiro atoms. The Morgan fingerprint density at radius 2 is 1.89 bits per heavy atom. The summed E-state index contributed by atoms with van der Waals surface area (Å²) in [5.74, 6) is -0.0734. The second kappa shape index (κ2) is 10.9. The summed E-state index contributed by atoms with van der Waals surface area (Å²) in [5, 5.41) is 4.31. The molecule has 3 rings (SSSR count). The summed E-state index contributed by atoms with van der Waals surface area (Å²) in [7, 11) is 1.74. The van der Waals surface area contributed by atoms with Crippen molar-refractivity contribution in [2.45, 2.75) is 39.0 Å². The average molecular weight is 389 g/mol. The molecule has 1 aliphatic carbocycles. The molecule has 5 nitrogen and oxygen atoms in total. The third-order valence-electron chi connectivity index (χ3n) is 4.60. The molecule has 6 heteroatoms. The predicted molar refractivity (Wildman–Crippen MR) is 120 cm³/mol. The van der Waals surface area contributed by atoms with Crippen LogP contribution in [0.2, 0.25) is 0 Å². The molecule has 1 aromatic rings. The number of nitrogens with one attached hydrogen (secondary N) is 1. The number of amides is 1. The minimum Gasteiger partial charge on any atom is -0.330 e. The molecule has 0 atom stereocenters. The van der Waals surface area contributed by atoms with Crippen molar-refractivity contribution >= 4 is 30.8 Å². The van der Waals surface area contributed by atoms with Gasteiger partial charge in [-0.25, -0.2) is 0 Å².